The second-order valence-electron chi connectivity index (χ2n) is 15.5. The second kappa shape index (κ2) is 20.7. The molecule has 316 valence electrons. The van der Waals surface area contributed by atoms with Gasteiger partial charge in [-0.2, -0.15) is 0 Å². The maximum absolute atomic E-state index is 5.21. The van der Waals surface area contributed by atoms with Crippen molar-refractivity contribution in [3.05, 3.63) is 260 Å². The first kappa shape index (κ1) is 42.0. The molecule has 0 N–H and O–H groups in total. The molecular formula is C59H50N6. The highest BCUT2D eigenvalue weighted by Gasteiger charge is 2.18. The van der Waals surface area contributed by atoms with Gasteiger partial charge in [0.25, 0.3) is 0 Å². The first-order valence-electron chi connectivity index (χ1n) is 22.2. The lowest BCUT2D eigenvalue weighted by molar-refractivity contribution is 1.02. The van der Waals surface area contributed by atoms with Crippen molar-refractivity contribution in [1.82, 2.24) is 15.0 Å². The summed E-state index contributed by atoms with van der Waals surface area (Å²) in [5, 5.41) is 0. The van der Waals surface area contributed by atoms with Crippen LogP contribution in [-0.2, 0) is 0 Å². The number of hydrogen-bond donors (Lipinski definition) is 0. The largest absolute Gasteiger partial charge is 0.338 e. The zero-order valence-corrected chi connectivity index (χ0v) is 36.5. The summed E-state index contributed by atoms with van der Waals surface area (Å²) in [7, 11) is 0. The number of nitrogens with zero attached hydrogens (tertiary/aromatic N) is 6. The Hall–Kier alpha value is -8.35. The Morgan fingerprint density at radius 2 is 0.892 bits per heavy atom. The summed E-state index contributed by atoms with van der Waals surface area (Å²) in [6.07, 6.45) is 19.1. The third-order valence-corrected chi connectivity index (χ3v) is 11.1. The predicted octanol–water partition coefficient (Wildman–Crippen LogP) is 15.4. The number of rotatable bonds is 15. The molecule has 0 radical (unpaired) electrons. The quantitative estimate of drug-likeness (QED) is 0.0958. The molecule has 65 heavy (non-hydrogen) atoms. The summed E-state index contributed by atoms with van der Waals surface area (Å²) in [4.78, 5) is 22.5. The van der Waals surface area contributed by atoms with Crippen molar-refractivity contribution in [3.63, 3.8) is 0 Å². The third kappa shape index (κ3) is 10.1. The Morgan fingerprint density at radius 1 is 0.477 bits per heavy atom. The van der Waals surface area contributed by atoms with Gasteiger partial charge < -0.3 is 14.7 Å². The van der Waals surface area contributed by atoms with E-state index in [1.54, 1.807) is 0 Å². The fraction of sp³-hybridized carbons (Fsp3) is 0.0678. The number of para-hydroxylation sites is 5. The fourth-order valence-electron chi connectivity index (χ4n) is 7.96. The van der Waals surface area contributed by atoms with E-state index in [-0.39, 0.29) is 0 Å². The molecular weight excluding hydrogens is 793 g/mol. The van der Waals surface area contributed by atoms with E-state index < -0.39 is 0 Å². The molecule has 1 aliphatic rings. The van der Waals surface area contributed by atoms with Crippen LogP contribution in [0.15, 0.2) is 254 Å². The zero-order chi connectivity index (χ0) is 44.0. The smallest absolute Gasteiger partial charge is 0.164 e. The lowest BCUT2D eigenvalue weighted by atomic mass is 10.1. The summed E-state index contributed by atoms with van der Waals surface area (Å²) in [6, 6.07) is 69.3. The molecule has 6 heteroatoms. The van der Waals surface area contributed by atoms with Crippen LogP contribution in [-0.4, -0.2) is 21.5 Å². The van der Waals surface area contributed by atoms with Crippen LogP contribution in [0, 0.1) is 0 Å². The highest BCUT2D eigenvalue weighted by atomic mass is 15.2. The Kier molecular flexibility index (Phi) is 13.4. The molecule has 9 rings (SSSR count). The number of anilines is 7. The first-order valence-corrected chi connectivity index (χ1v) is 22.2. The average molecular weight is 843 g/mol. The van der Waals surface area contributed by atoms with Gasteiger partial charge in [0.1, 0.15) is 0 Å². The van der Waals surface area contributed by atoms with Crippen molar-refractivity contribution < 1.29 is 0 Å². The number of hydrogen-bond acceptors (Lipinski definition) is 6. The molecule has 0 saturated heterocycles. The van der Waals surface area contributed by atoms with Gasteiger partial charge in [-0.05, 0) is 128 Å². The van der Waals surface area contributed by atoms with Crippen LogP contribution in [0.5, 0.6) is 0 Å². The average Bonchev–Trinajstić information content (AvgIpc) is 3.67. The van der Waals surface area contributed by atoms with Gasteiger partial charge in [-0.15, -0.1) is 0 Å². The van der Waals surface area contributed by atoms with Gasteiger partial charge in [-0.25, -0.2) is 15.0 Å². The van der Waals surface area contributed by atoms with Crippen LogP contribution in [0.3, 0.4) is 0 Å². The SMILES string of the molecule is CC/C=C(\C=C/CN(C1=CCC=CC=C1)c1ccccc1)c1nc(-c2ccc(N(c3ccccc3)c3ccccc3)cc2)nc(-c2ccc(N(c3ccccc3)c3ccccc3)cc2)n1. The maximum Gasteiger partial charge on any atom is 0.164 e. The molecule has 0 saturated carbocycles. The van der Waals surface area contributed by atoms with Crippen LogP contribution in [0.2, 0.25) is 0 Å². The van der Waals surface area contributed by atoms with Crippen molar-refractivity contribution in [1.29, 1.82) is 0 Å². The lowest BCUT2D eigenvalue weighted by Gasteiger charge is -2.25. The van der Waals surface area contributed by atoms with E-state index >= 15 is 0 Å². The van der Waals surface area contributed by atoms with E-state index in [0.29, 0.717) is 24.0 Å². The highest BCUT2D eigenvalue weighted by molar-refractivity contribution is 5.80. The zero-order valence-electron chi connectivity index (χ0n) is 36.5. The van der Waals surface area contributed by atoms with Crippen molar-refractivity contribution >= 4 is 45.4 Å². The van der Waals surface area contributed by atoms with Crippen molar-refractivity contribution in [2.45, 2.75) is 19.8 Å². The molecule has 1 heterocycles. The Morgan fingerprint density at radius 3 is 1.32 bits per heavy atom. The highest BCUT2D eigenvalue weighted by Crippen LogP contribution is 2.37. The Bertz CT molecular complexity index is 2700. The molecule has 1 aromatic heterocycles. The standard InChI is InChI=1S/C59H50N6/c1-2-23-46(24-22-45-63(50-27-12-5-13-28-50)49-25-10-3-4-11-26-49)57-60-58(47-37-41-55(42-38-47)64(51-29-14-6-15-30-51)52-31-16-7-17-32-52)62-59(61-57)48-39-43-56(44-40-48)65(53-33-18-8-19-34-53)54-35-20-9-21-36-54/h3-10,12-44H,2,11,45H2,1H3/b24-22-,46-23+. The molecule has 0 bridgehead atoms. The fourth-order valence-corrected chi connectivity index (χ4v) is 7.96. The third-order valence-electron chi connectivity index (χ3n) is 11.1. The van der Waals surface area contributed by atoms with E-state index in [4.69, 9.17) is 15.0 Å². The van der Waals surface area contributed by atoms with E-state index in [1.165, 1.54) is 0 Å². The minimum atomic E-state index is 0.601. The second-order valence-corrected chi connectivity index (χ2v) is 15.5. The van der Waals surface area contributed by atoms with Gasteiger partial charge in [0.2, 0.25) is 0 Å². The van der Waals surface area contributed by atoms with Gasteiger partial charge in [0.15, 0.2) is 17.5 Å². The first-order chi connectivity index (χ1) is 32.2. The van der Waals surface area contributed by atoms with E-state index in [1.807, 2.05) is 24.3 Å². The van der Waals surface area contributed by atoms with Crippen molar-refractivity contribution in [2.75, 3.05) is 21.2 Å². The van der Waals surface area contributed by atoms with Crippen LogP contribution in [0.4, 0.5) is 39.8 Å². The normalized spacial score (nSPS) is 12.4. The van der Waals surface area contributed by atoms with Gasteiger partial charge in [0.05, 0.1) is 0 Å². The van der Waals surface area contributed by atoms with E-state index in [9.17, 15) is 0 Å². The monoisotopic (exact) mass is 842 g/mol. The van der Waals surface area contributed by atoms with Gasteiger partial charge in [-0.1, -0.05) is 140 Å². The van der Waals surface area contributed by atoms with Crippen molar-refractivity contribution in [2.24, 2.45) is 0 Å². The molecule has 6 nitrogen and oxygen atoms in total. The molecule has 0 unspecified atom stereocenters. The van der Waals surface area contributed by atoms with Crippen LogP contribution >= 0.6 is 0 Å². The van der Waals surface area contributed by atoms with E-state index in [0.717, 1.165) is 75.1 Å². The lowest BCUT2D eigenvalue weighted by Crippen LogP contribution is -2.21. The predicted molar refractivity (Wildman–Crippen MR) is 272 cm³/mol. The summed E-state index contributed by atoms with van der Waals surface area (Å²) < 4.78 is 0. The number of allylic oxidation sites excluding steroid dienone is 8. The van der Waals surface area contributed by atoms with Gasteiger partial charge in [-0.3, -0.25) is 0 Å². The molecule has 7 aromatic carbocycles. The Balaban J connectivity index is 1.10. The molecule has 0 aliphatic heterocycles. The molecule has 0 amide bonds. The van der Waals surface area contributed by atoms with Gasteiger partial charge >= 0.3 is 0 Å². The number of aromatic nitrogens is 3. The summed E-state index contributed by atoms with van der Waals surface area (Å²) >= 11 is 0. The minimum Gasteiger partial charge on any atom is -0.338 e. The topological polar surface area (TPSA) is 48.4 Å². The van der Waals surface area contributed by atoms with Crippen molar-refractivity contribution in [3.8, 4) is 22.8 Å². The molecule has 0 fully saturated rings. The molecule has 0 atom stereocenters. The minimum absolute atomic E-state index is 0.601. The maximum atomic E-state index is 5.21. The summed E-state index contributed by atoms with van der Waals surface area (Å²) in [6.45, 7) is 2.81. The molecule has 8 aromatic rings. The van der Waals surface area contributed by atoms with E-state index in [2.05, 4.69) is 246 Å². The number of benzene rings is 7. The molecule has 0 spiro atoms. The summed E-state index contributed by atoms with van der Waals surface area (Å²) in [5.74, 6) is 1.82. The Labute approximate surface area is 382 Å². The van der Waals surface area contributed by atoms with Crippen LogP contribution in [0.1, 0.15) is 25.6 Å². The van der Waals surface area contributed by atoms with Crippen LogP contribution in [0.25, 0.3) is 28.3 Å². The summed E-state index contributed by atoms with van der Waals surface area (Å²) in [5.41, 5.74) is 11.4. The molecule has 1 aliphatic carbocycles. The van der Waals surface area contributed by atoms with Crippen LogP contribution < -0.4 is 14.7 Å². The van der Waals surface area contributed by atoms with Gasteiger partial charge in [0, 0.05) is 68.8 Å².